The van der Waals surface area contributed by atoms with Crippen molar-refractivity contribution >= 4 is 17.2 Å². The van der Waals surface area contributed by atoms with Gasteiger partial charge in [-0.2, -0.15) is 0 Å². The second-order valence-corrected chi connectivity index (χ2v) is 2.80. The van der Waals surface area contributed by atoms with Crippen LogP contribution in [0.15, 0.2) is 0 Å². The Balaban J connectivity index is 2.22. The molecule has 8 heavy (non-hydrogen) atoms. The number of nitrogens with one attached hydrogen (secondary N) is 2. The van der Waals surface area contributed by atoms with Crippen LogP contribution in [0.3, 0.4) is 0 Å². The monoisotopic (exact) mass is 128 g/mol. The summed E-state index contributed by atoms with van der Waals surface area (Å²) in [5.74, 6) is 0. The Morgan fingerprint density at radius 3 is 2.62 bits per heavy atom. The van der Waals surface area contributed by atoms with Crippen LogP contribution in [-0.2, 0) is 0 Å². The molecule has 2 bridgehead atoms. The van der Waals surface area contributed by atoms with Crippen LogP contribution >= 0.6 is 12.2 Å². The average molecular weight is 128 g/mol. The lowest BCUT2D eigenvalue weighted by atomic mass is 10.2. The molecule has 2 N–H and O–H groups in total. The lowest BCUT2D eigenvalue weighted by Gasteiger charge is -2.09. The van der Waals surface area contributed by atoms with Gasteiger partial charge in [-0.15, -0.1) is 0 Å². The van der Waals surface area contributed by atoms with Crippen molar-refractivity contribution in [3.63, 3.8) is 0 Å². The maximum Gasteiger partial charge on any atom is 0.0938 e. The Morgan fingerprint density at radius 1 is 1.50 bits per heavy atom. The molecule has 2 aliphatic rings. The summed E-state index contributed by atoms with van der Waals surface area (Å²) in [5.41, 5.74) is 0. The number of rotatable bonds is 0. The molecule has 0 aliphatic carbocycles. The van der Waals surface area contributed by atoms with E-state index in [4.69, 9.17) is 12.2 Å². The summed E-state index contributed by atoms with van der Waals surface area (Å²) in [7, 11) is 0. The fraction of sp³-hybridized carbons (Fsp3) is 0.800. The number of hydrogen-bond acceptors (Lipinski definition) is 2. The second-order valence-electron chi connectivity index (χ2n) is 2.36. The van der Waals surface area contributed by atoms with E-state index in [1.807, 2.05) is 0 Å². The molecule has 2 nitrogen and oxygen atoms in total. The summed E-state index contributed by atoms with van der Waals surface area (Å²) in [6.45, 7) is 0. The highest BCUT2D eigenvalue weighted by atomic mass is 32.1. The normalized spacial score (nSPS) is 42.8. The first-order valence-corrected chi connectivity index (χ1v) is 3.33. The van der Waals surface area contributed by atoms with Crippen LogP contribution in [-0.4, -0.2) is 17.2 Å². The number of piperidine rings is 1. The summed E-state index contributed by atoms with van der Waals surface area (Å²) < 4.78 is 0. The van der Waals surface area contributed by atoms with Crippen molar-refractivity contribution in [1.29, 1.82) is 0 Å². The highest BCUT2D eigenvalue weighted by Gasteiger charge is 2.33. The smallest absolute Gasteiger partial charge is 0.0938 e. The Hall–Kier alpha value is -0.150. The highest BCUT2D eigenvalue weighted by molar-refractivity contribution is 7.80. The quantitative estimate of drug-likeness (QED) is 0.449. The van der Waals surface area contributed by atoms with Crippen LogP contribution < -0.4 is 10.6 Å². The minimum absolute atomic E-state index is 0.507. The molecule has 2 heterocycles. The molecule has 2 fully saturated rings. The number of fused-ring (bicyclic) bond motifs is 2. The van der Waals surface area contributed by atoms with Crippen molar-refractivity contribution in [3.05, 3.63) is 0 Å². The van der Waals surface area contributed by atoms with Gasteiger partial charge in [-0.05, 0) is 12.8 Å². The lowest BCUT2D eigenvalue weighted by molar-refractivity contribution is 0.605. The summed E-state index contributed by atoms with van der Waals surface area (Å²) in [6.07, 6.45) is 2.98. The van der Waals surface area contributed by atoms with E-state index >= 15 is 0 Å². The topological polar surface area (TPSA) is 24.1 Å². The van der Waals surface area contributed by atoms with E-state index in [-0.39, 0.29) is 0 Å². The fourth-order valence-electron chi connectivity index (χ4n) is 1.34. The predicted octanol–water partition coefficient (Wildman–Crippen LogP) is -0.00490. The van der Waals surface area contributed by atoms with E-state index in [1.54, 1.807) is 0 Å². The van der Waals surface area contributed by atoms with E-state index in [1.165, 1.54) is 12.8 Å². The first-order valence-electron chi connectivity index (χ1n) is 2.93. The Morgan fingerprint density at radius 2 is 2.38 bits per heavy atom. The second kappa shape index (κ2) is 1.42. The van der Waals surface area contributed by atoms with E-state index in [2.05, 4.69) is 10.6 Å². The zero-order chi connectivity index (χ0) is 5.56. The molecule has 2 saturated heterocycles. The summed E-state index contributed by atoms with van der Waals surface area (Å²) in [4.78, 5) is 1.02. The zero-order valence-electron chi connectivity index (χ0n) is 4.48. The third-order valence-corrected chi connectivity index (χ3v) is 2.18. The molecule has 0 aromatic heterocycles. The van der Waals surface area contributed by atoms with E-state index < -0.39 is 0 Å². The third kappa shape index (κ3) is 0.485. The largest absolute Gasteiger partial charge is 0.363 e. The van der Waals surface area contributed by atoms with Gasteiger partial charge in [0.1, 0.15) is 0 Å². The van der Waals surface area contributed by atoms with Crippen molar-refractivity contribution in [2.24, 2.45) is 0 Å². The van der Waals surface area contributed by atoms with Crippen LogP contribution in [0.2, 0.25) is 0 Å². The molecule has 2 rings (SSSR count). The first kappa shape index (κ1) is 4.70. The molecular weight excluding hydrogens is 120 g/mol. The minimum atomic E-state index is 0.507. The van der Waals surface area contributed by atoms with Gasteiger partial charge in [0.25, 0.3) is 0 Å². The molecule has 0 amide bonds. The van der Waals surface area contributed by atoms with Crippen molar-refractivity contribution in [1.82, 2.24) is 10.6 Å². The maximum absolute atomic E-state index is 5.00. The summed E-state index contributed by atoms with van der Waals surface area (Å²) >= 11 is 5.00. The van der Waals surface area contributed by atoms with Crippen LogP contribution in [0.1, 0.15) is 12.8 Å². The van der Waals surface area contributed by atoms with Crippen LogP contribution in [0.4, 0.5) is 0 Å². The molecule has 2 atom stereocenters. The van der Waals surface area contributed by atoms with Crippen LogP contribution in [0.25, 0.3) is 0 Å². The summed E-state index contributed by atoms with van der Waals surface area (Å²) in [6, 6.07) is 0.509. The zero-order valence-corrected chi connectivity index (χ0v) is 5.29. The van der Waals surface area contributed by atoms with E-state index in [9.17, 15) is 0 Å². The van der Waals surface area contributed by atoms with Crippen molar-refractivity contribution in [3.8, 4) is 0 Å². The van der Waals surface area contributed by atoms with Gasteiger partial charge >= 0.3 is 0 Å². The standard InChI is InChI=1S/C5H8N2S/c8-5-3-1-2-4(6-3)7-5/h3-4,6H,1-2H2,(H,7,8)/t3-,4+/m1/s1. The van der Waals surface area contributed by atoms with Gasteiger partial charge < -0.3 is 5.32 Å². The van der Waals surface area contributed by atoms with Gasteiger partial charge in [0.05, 0.1) is 17.2 Å². The molecular formula is C5H8N2S. The van der Waals surface area contributed by atoms with Crippen LogP contribution in [0.5, 0.6) is 0 Å². The Kier molecular flexibility index (Phi) is 0.835. The predicted molar refractivity (Wildman–Crippen MR) is 35.7 cm³/mol. The number of hydrogen-bond donors (Lipinski definition) is 2. The Labute approximate surface area is 53.6 Å². The molecule has 44 valence electrons. The third-order valence-electron chi connectivity index (χ3n) is 1.78. The van der Waals surface area contributed by atoms with Crippen molar-refractivity contribution in [2.75, 3.05) is 0 Å². The fourth-order valence-corrected chi connectivity index (χ4v) is 1.66. The van der Waals surface area contributed by atoms with Crippen LogP contribution in [0, 0.1) is 0 Å². The molecule has 0 unspecified atom stereocenters. The summed E-state index contributed by atoms with van der Waals surface area (Å²) in [5, 5.41) is 6.50. The van der Waals surface area contributed by atoms with Gasteiger partial charge in [-0.25, -0.2) is 0 Å². The molecule has 0 spiro atoms. The number of thiocarbonyl (C=S) groups is 1. The van der Waals surface area contributed by atoms with E-state index in [0.717, 1.165) is 4.99 Å². The van der Waals surface area contributed by atoms with Gasteiger partial charge in [-0.3, -0.25) is 5.32 Å². The maximum atomic E-state index is 5.00. The highest BCUT2D eigenvalue weighted by Crippen LogP contribution is 2.17. The SMILES string of the molecule is S=C1N[C@H]2CC[C@H]1N2. The molecule has 3 heteroatoms. The molecule has 0 aromatic rings. The Bertz CT molecular complexity index is 134. The van der Waals surface area contributed by atoms with E-state index in [0.29, 0.717) is 12.2 Å². The first-order chi connectivity index (χ1) is 3.86. The molecule has 0 aromatic carbocycles. The molecule has 2 aliphatic heterocycles. The van der Waals surface area contributed by atoms with Gasteiger partial charge in [-0.1, -0.05) is 12.2 Å². The van der Waals surface area contributed by atoms with Gasteiger partial charge in [0.15, 0.2) is 0 Å². The molecule has 0 radical (unpaired) electrons. The molecule has 0 saturated carbocycles. The lowest BCUT2D eigenvalue weighted by Crippen LogP contribution is -2.30. The van der Waals surface area contributed by atoms with Gasteiger partial charge in [0, 0.05) is 0 Å². The minimum Gasteiger partial charge on any atom is -0.363 e. The average Bonchev–Trinajstić information content (AvgIpc) is 2.23. The van der Waals surface area contributed by atoms with Crippen molar-refractivity contribution in [2.45, 2.75) is 25.0 Å². The van der Waals surface area contributed by atoms with Crippen molar-refractivity contribution < 1.29 is 0 Å². The van der Waals surface area contributed by atoms with Gasteiger partial charge in [0.2, 0.25) is 0 Å².